The van der Waals surface area contributed by atoms with Gasteiger partial charge in [-0.25, -0.2) is 4.39 Å². The van der Waals surface area contributed by atoms with Crippen LogP contribution in [-0.2, 0) is 4.79 Å². The molecule has 0 radical (unpaired) electrons. The maximum atomic E-state index is 13.2. The Labute approximate surface area is 110 Å². The lowest BCUT2D eigenvalue weighted by Crippen LogP contribution is -2.41. The van der Waals surface area contributed by atoms with E-state index in [4.69, 9.17) is 0 Å². The lowest BCUT2D eigenvalue weighted by molar-refractivity contribution is -0.384. The summed E-state index contributed by atoms with van der Waals surface area (Å²) in [6.07, 6.45) is 0. The van der Waals surface area contributed by atoms with Gasteiger partial charge in [0.25, 0.3) is 5.69 Å². The molecule has 2 N–H and O–H groups in total. The van der Waals surface area contributed by atoms with E-state index in [1.165, 1.54) is 7.05 Å². The SMILES string of the molecule is CNC(=O)[C@H](Nc1cc(F)ccc1[N+](=O)[O-])C(C)C. The number of nitro benzene ring substituents is 1. The Kier molecular flexibility index (Phi) is 4.80. The van der Waals surface area contributed by atoms with E-state index < -0.39 is 16.8 Å². The van der Waals surface area contributed by atoms with Crippen LogP contribution in [0.5, 0.6) is 0 Å². The molecule has 0 aliphatic carbocycles. The predicted octanol–water partition coefficient (Wildman–Crippen LogP) is 1.92. The first-order valence-electron chi connectivity index (χ1n) is 5.79. The summed E-state index contributed by atoms with van der Waals surface area (Å²) in [7, 11) is 1.47. The van der Waals surface area contributed by atoms with Crippen LogP contribution < -0.4 is 10.6 Å². The Morgan fingerprint density at radius 3 is 2.53 bits per heavy atom. The number of carbonyl (C=O) groups excluding carboxylic acids is 1. The van der Waals surface area contributed by atoms with E-state index in [1.807, 2.05) is 0 Å². The van der Waals surface area contributed by atoms with Gasteiger partial charge in [0.05, 0.1) is 4.92 Å². The van der Waals surface area contributed by atoms with E-state index in [1.54, 1.807) is 13.8 Å². The number of nitro groups is 1. The molecule has 1 atom stereocenters. The number of anilines is 1. The third kappa shape index (κ3) is 3.64. The summed E-state index contributed by atoms with van der Waals surface area (Å²) in [5.74, 6) is -1.02. The van der Waals surface area contributed by atoms with Crippen molar-refractivity contribution >= 4 is 17.3 Å². The summed E-state index contributed by atoms with van der Waals surface area (Å²) < 4.78 is 13.2. The number of benzene rings is 1. The van der Waals surface area contributed by atoms with Gasteiger partial charge in [-0.3, -0.25) is 14.9 Å². The maximum absolute atomic E-state index is 13.2. The number of carbonyl (C=O) groups is 1. The molecule has 0 fully saturated rings. The van der Waals surface area contributed by atoms with Crippen molar-refractivity contribution in [1.82, 2.24) is 5.32 Å². The lowest BCUT2D eigenvalue weighted by Gasteiger charge is -2.21. The Balaban J connectivity index is 3.11. The van der Waals surface area contributed by atoms with Crippen LogP contribution >= 0.6 is 0 Å². The summed E-state index contributed by atoms with van der Waals surface area (Å²) in [6, 6.07) is 2.41. The van der Waals surface area contributed by atoms with Crippen LogP contribution in [0.4, 0.5) is 15.8 Å². The first-order valence-corrected chi connectivity index (χ1v) is 5.79. The molecular weight excluding hydrogens is 253 g/mol. The lowest BCUT2D eigenvalue weighted by atomic mass is 10.0. The molecule has 0 aliphatic heterocycles. The van der Waals surface area contributed by atoms with E-state index in [0.29, 0.717) is 0 Å². The number of halogens is 1. The number of amides is 1. The molecular formula is C12H16FN3O3. The fourth-order valence-electron chi connectivity index (χ4n) is 1.64. The van der Waals surface area contributed by atoms with Crippen LogP contribution in [0.15, 0.2) is 18.2 Å². The molecule has 0 spiro atoms. The Morgan fingerprint density at radius 1 is 1.42 bits per heavy atom. The quantitative estimate of drug-likeness (QED) is 0.631. The summed E-state index contributed by atoms with van der Waals surface area (Å²) in [4.78, 5) is 21.9. The van der Waals surface area contributed by atoms with Crippen molar-refractivity contribution in [3.8, 4) is 0 Å². The highest BCUT2D eigenvalue weighted by molar-refractivity contribution is 5.85. The normalized spacial score (nSPS) is 12.1. The summed E-state index contributed by atoms with van der Waals surface area (Å²) in [6.45, 7) is 3.58. The number of nitrogens with zero attached hydrogens (tertiary/aromatic N) is 1. The average molecular weight is 269 g/mol. The number of rotatable bonds is 5. The van der Waals surface area contributed by atoms with Crippen molar-refractivity contribution < 1.29 is 14.1 Å². The van der Waals surface area contributed by atoms with Crippen molar-refractivity contribution in [2.24, 2.45) is 5.92 Å². The maximum Gasteiger partial charge on any atom is 0.292 e. The van der Waals surface area contributed by atoms with Crippen LogP contribution in [0.2, 0.25) is 0 Å². The predicted molar refractivity (Wildman–Crippen MR) is 69.4 cm³/mol. The zero-order valence-electron chi connectivity index (χ0n) is 10.9. The van der Waals surface area contributed by atoms with Gasteiger partial charge in [-0.1, -0.05) is 13.8 Å². The Hall–Kier alpha value is -2.18. The van der Waals surface area contributed by atoms with Crippen LogP contribution in [0, 0.1) is 21.8 Å². The average Bonchev–Trinajstić information content (AvgIpc) is 2.34. The van der Waals surface area contributed by atoms with Crippen LogP contribution in [0.1, 0.15) is 13.8 Å². The summed E-state index contributed by atoms with van der Waals surface area (Å²) in [5, 5.41) is 16.1. The number of likely N-dealkylation sites (N-methyl/N-ethyl adjacent to an activating group) is 1. The van der Waals surface area contributed by atoms with Crippen LogP contribution in [0.3, 0.4) is 0 Å². The van der Waals surface area contributed by atoms with Crippen LogP contribution in [-0.4, -0.2) is 23.9 Å². The Morgan fingerprint density at radius 2 is 2.05 bits per heavy atom. The smallest absolute Gasteiger partial charge is 0.292 e. The highest BCUT2D eigenvalue weighted by Crippen LogP contribution is 2.26. The first-order chi connectivity index (χ1) is 8.86. The highest BCUT2D eigenvalue weighted by atomic mass is 19.1. The second-order valence-electron chi connectivity index (χ2n) is 4.40. The molecule has 0 aromatic heterocycles. The minimum absolute atomic E-state index is 0.00713. The molecule has 1 aromatic rings. The van der Waals surface area contributed by atoms with E-state index in [0.717, 1.165) is 18.2 Å². The third-order valence-electron chi connectivity index (χ3n) is 2.66. The fraction of sp³-hybridized carbons (Fsp3) is 0.417. The van der Waals surface area contributed by atoms with Crippen molar-refractivity contribution in [1.29, 1.82) is 0 Å². The van der Waals surface area contributed by atoms with Crippen molar-refractivity contribution in [3.05, 3.63) is 34.1 Å². The van der Waals surface area contributed by atoms with Crippen molar-refractivity contribution in [3.63, 3.8) is 0 Å². The van der Waals surface area contributed by atoms with Crippen molar-refractivity contribution in [2.45, 2.75) is 19.9 Å². The van der Waals surface area contributed by atoms with Gasteiger partial charge in [0.1, 0.15) is 17.5 Å². The molecule has 0 unspecified atom stereocenters. The second-order valence-corrected chi connectivity index (χ2v) is 4.40. The number of nitrogens with one attached hydrogen (secondary N) is 2. The molecule has 19 heavy (non-hydrogen) atoms. The van der Waals surface area contributed by atoms with E-state index in [2.05, 4.69) is 10.6 Å². The molecule has 1 aromatic carbocycles. The summed E-state index contributed by atoms with van der Waals surface area (Å²) >= 11 is 0. The monoisotopic (exact) mass is 269 g/mol. The summed E-state index contributed by atoms with van der Waals surface area (Å²) in [5.41, 5.74) is -0.275. The zero-order valence-corrected chi connectivity index (χ0v) is 10.9. The van der Waals surface area contributed by atoms with Gasteiger partial charge in [-0.05, 0) is 12.0 Å². The highest BCUT2D eigenvalue weighted by Gasteiger charge is 2.24. The van der Waals surface area contributed by atoms with Gasteiger partial charge in [0, 0.05) is 19.2 Å². The fourth-order valence-corrected chi connectivity index (χ4v) is 1.64. The molecule has 1 amide bonds. The van der Waals surface area contributed by atoms with Gasteiger partial charge in [-0.15, -0.1) is 0 Å². The topological polar surface area (TPSA) is 84.3 Å². The van der Waals surface area contributed by atoms with Gasteiger partial charge < -0.3 is 10.6 Å². The first kappa shape index (κ1) is 14.9. The zero-order chi connectivity index (χ0) is 14.6. The minimum Gasteiger partial charge on any atom is -0.368 e. The minimum atomic E-state index is -0.675. The molecule has 0 aliphatic rings. The van der Waals surface area contributed by atoms with Gasteiger partial charge in [-0.2, -0.15) is 0 Å². The van der Waals surface area contributed by atoms with E-state index in [9.17, 15) is 19.3 Å². The molecule has 104 valence electrons. The van der Waals surface area contributed by atoms with Gasteiger partial charge in [0.2, 0.25) is 5.91 Å². The molecule has 0 bridgehead atoms. The molecule has 0 saturated heterocycles. The molecule has 0 heterocycles. The second kappa shape index (κ2) is 6.12. The molecule has 1 rings (SSSR count). The largest absolute Gasteiger partial charge is 0.368 e. The number of hydrogen-bond acceptors (Lipinski definition) is 4. The van der Waals surface area contributed by atoms with E-state index in [-0.39, 0.29) is 23.2 Å². The third-order valence-corrected chi connectivity index (χ3v) is 2.66. The molecule has 0 saturated carbocycles. The number of hydrogen-bond donors (Lipinski definition) is 2. The van der Waals surface area contributed by atoms with Crippen LogP contribution in [0.25, 0.3) is 0 Å². The van der Waals surface area contributed by atoms with Gasteiger partial charge in [0.15, 0.2) is 0 Å². The standard InChI is InChI=1S/C12H16FN3O3/c1-7(2)11(12(17)14-3)15-9-6-8(13)4-5-10(9)16(18)19/h4-7,11,15H,1-3H3,(H,14,17)/t11-/m1/s1. The Bertz CT molecular complexity index is 491. The van der Waals surface area contributed by atoms with Gasteiger partial charge >= 0.3 is 0 Å². The van der Waals surface area contributed by atoms with E-state index >= 15 is 0 Å². The molecule has 7 heteroatoms. The van der Waals surface area contributed by atoms with Crippen molar-refractivity contribution in [2.75, 3.05) is 12.4 Å². The molecule has 6 nitrogen and oxygen atoms in total.